The van der Waals surface area contributed by atoms with Gasteiger partial charge in [-0.1, -0.05) is 36.9 Å². The Morgan fingerprint density at radius 3 is 2.63 bits per heavy atom. The Morgan fingerprint density at radius 2 is 1.84 bits per heavy atom. The van der Waals surface area contributed by atoms with Crippen LogP contribution >= 0.6 is 11.8 Å². The number of ketones is 1. The molecule has 0 N–H and O–H groups in total. The number of Topliss-reactive ketones (excluding diaryl/α,β-unsaturated/α-hetero) is 1. The molecule has 0 spiro atoms. The van der Waals surface area contributed by atoms with E-state index in [1.54, 1.807) is 11.8 Å². The normalized spacial score (nSPS) is 12.8. The number of carbonyl (C=O) groups is 1. The van der Waals surface area contributed by atoms with Crippen molar-refractivity contribution in [1.29, 1.82) is 0 Å². The zero-order valence-electron chi connectivity index (χ0n) is 11.0. The molecule has 96 valence electrons. The van der Waals surface area contributed by atoms with Crippen molar-refractivity contribution in [3.05, 3.63) is 48.0 Å². The molecule has 2 nitrogen and oxygen atoms in total. The van der Waals surface area contributed by atoms with E-state index in [1.165, 1.54) is 15.5 Å². The van der Waals surface area contributed by atoms with E-state index >= 15 is 0 Å². The number of benzene rings is 2. The third-order valence-corrected chi connectivity index (χ3v) is 4.54. The molecule has 0 saturated heterocycles. The Balaban J connectivity index is 2.09. The zero-order chi connectivity index (χ0) is 13.4. The lowest BCUT2D eigenvalue weighted by Gasteiger charge is -2.29. The predicted molar refractivity (Wildman–Crippen MR) is 79.7 cm³/mol. The molecule has 0 unspecified atom stereocenters. The van der Waals surface area contributed by atoms with Crippen molar-refractivity contribution in [2.24, 2.45) is 0 Å². The Bertz CT molecular complexity index is 651. The van der Waals surface area contributed by atoms with Crippen LogP contribution in [-0.2, 0) is 0 Å². The van der Waals surface area contributed by atoms with Crippen LogP contribution in [0, 0.1) is 0 Å². The van der Waals surface area contributed by atoms with Crippen LogP contribution in [0.1, 0.15) is 23.7 Å². The fourth-order valence-corrected chi connectivity index (χ4v) is 3.44. The van der Waals surface area contributed by atoms with Crippen LogP contribution in [0.15, 0.2) is 52.3 Å². The first kappa shape index (κ1) is 12.3. The minimum atomic E-state index is 0.194. The molecule has 1 heterocycles. The van der Waals surface area contributed by atoms with Crippen LogP contribution < -0.4 is 4.90 Å². The summed E-state index contributed by atoms with van der Waals surface area (Å²) in [5, 5.41) is 0. The number of hydrogen-bond donors (Lipinski definition) is 0. The van der Waals surface area contributed by atoms with Gasteiger partial charge in [-0.3, -0.25) is 4.79 Å². The highest BCUT2D eigenvalue weighted by Gasteiger charge is 2.21. The number of rotatable bonds is 2. The van der Waals surface area contributed by atoms with E-state index in [0.717, 1.165) is 11.3 Å². The Labute approximate surface area is 117 Å². The molecule has 2 aromatic carbocycles. The molecule has 0 atom stereocenters. The van der Waals surface area contributed by atoms with Crippen molar-refractivity contribution in [3.63, 3.8) is 0 Å². The first-order valence-electron chi connectivity index (χ1n) is 6.38. The van der Waals surface area contributed by atoms with Crippen LogP contribution in [0.2, 0.25) is 0 Å². The number of carbonyl (C=O) groups excluding carboxylic acids is 1. The molecule has 0 saturated carbocycles. The molecular formula is C16H15NOS. The van der Waals surface area contributed by atoms with Gasteiger partial charge in [-0.15, -0.1) is 0 Å². The van der Waals surface area contributed by atoms with Gasteiger partial charge in [-0.2, -0.15) is 0 Å². The van der Waals surface area contributed by atoms with Gasteiger partial charge in [-0.25, -0.2) is 0 Å². The molecule has 0 aliphatic carbocycles. The standard InChI is InChI=1S/C16H15NOS/c1-3-14(18)11-8-9-16-13(10-11)17(2)12-6-4-5-7-15(12)19-16/h4-10H,3H2,1-2H3. The van der Waals surface area contributed by atoms with E-state index in [-0.39, 0.29) is 5.78 Å². The first-order valence-corrected chi connectivity index (χ1v) is 7.20. The molecule has 0 radical (unpaired) electrons. The van der Waals surface area contributed by atoms with Crippen LogP contribution in [-0.4, -0.2) is 12.8 Å². The average molecular weight is 269 g/mol. The van der Waals surface area contributed by atoms with Gasteiger partial charge in [0.2, 0.25) is 0 Å². The lowest BCUT2D eigenvalue weighted by atomic mass is 10.1. The number of hydrogen-bond acceptors (Lipinski definition) is 3. The minimum Gasteiger partial charge on any atom is -0.343 e. The maximum atomic E-state index is 11.8. The van der Waals surface area contributed by atoms with Gasteiger partial charge in [0.25, 0.3) is 0 Å². The maximum Gasteiger partial charge on any atom is 0.162 e. The van der Waals surface area contributed by atoms with Crippen molar-refractivity contribution < 1.29 is 4.79 Å². The molecule has 1 aliphatic rings. The van der Waals surface area contributed by atoms with Crippen LogP contribution in [0.5, 0.6) is 0 Å². The molecule has 19 heavy (non-hydrogen) atoms. The summed E-state index contributed by atoms with van der Waals surface area (Å²) in [4.78, 5) is 16.4. The highest BCUT2D eigenvalue weighted by atomic mass is 32.2. The highest BCUT2D eigenvalue weighted by Crippen LogP contribution is 2.47. The van der Waals surface area contributed by atoms with Crippen LogP contribution in [0.25, 0.3) is 0 Å². The van der Waals surface area contributed by atoms with Gasteiger partial charge in [0.15, 0.2) is 5.78 Å². The smallest absolute Gasteiger partial charge is 0.162 e. The van der Waals surface area contributed by atoms with Gasteiger partial charge < -0.3 is 4.90 Å². The average Bonchev–Trinajstić information content (AvgIpc) is 2.46. The van der Waals surface area contributed by atoms with E-state index in [0.29, 0.717) is 6.42 Å². The van der Waals surface area contributed by atoms with Crippen molar-refractivity contribution in [2.75, 3.05) is 11.9 Å². The van der Waals surface area contributed by atoms with Gasteiger partial charge in [0.05, 0.1) is 11.4 Å². The summed E-state index contributed by atoms with van der Waals surface area (Å²) < 4.78 is 0. The quantitative estimate of drug-likeness (QED) is 0.748. The number of anilines is 2. The third kappa shape index (κ3) is 2.04. The van der Waals surface area contributed by atoms with Crippen molar-refractivity contribution in [1.82, 2.24) is 0 Å². The van der Waals surface area contributed by atoms with Gasteiger partial charge in [-0.05, 0) is 24.3 Å². The minimum absolute atomic E-state index is 0.194. The Morgan fingerprint density at radius 1 is 1.11 bits per heavy atom. The number of nitrogens with zero attached hydrogens (tertiary/aromatic N) is 1. The van der Waals surface area contributed by atoms with Crippen molar-refractivity contribution >= 4 is 28.9 Å². The molecule has 0 bridgehead atoms. The molecule has 1 aliphatic heterocycles. The summed E-state index contributed by atoms with van der Waals surface area (Å²) in [5.74, 6) is 0.194. The van der Waals surface area contributed by atoms with Gasteiger partial charge in [0, 0.05) is 28.8 Å². The monoisotopic (exact) mass is 269 g/mol. The third-order valence-electron chi connectivity index (χ3n) is 3.41. The summed E-state index contributed by atoms with van der Waals surface area (Å²) >= 11 is 1.76. The molecule has 0 fully saturated rings. The SMILES string of the molecule is CCC(=O)c1ccc2c(c1)N(C)c1ccccc1S2. The largest absolute Gasteiger partial charge is 0.343 e. The van der Waals surface area contributed by atoms with Gasteiger partial charge in [0.1, 0.15) is 0 Å². The number of para-hydroxylation sites is 1. The second kappa shape index (κ2) is 4.74. The molecule has 3 heteroatoms. The van der Waals surface area contributed by atoms with Crippen LogP contribution in [0.3, 0.4) is 0 Å². The summed E-state index contributed by atoms with van der Waals surface area (Å²) in [7, 11) is 2.05. The van der Waals surface area contributed by atoms with Crippen molar-refractivity contribution in [3.8, 4) is 0 Å². The van der Waals surface area contributed by atoms with Crippen LogP contribution in [0.4, 0.5) is 11.4 Å². The predicted octanol–water partition coefficient (Wildman–Crippen LogP) is 4.51. The topological polar surface area (TPSA) is 20.3 Å². The van der Waals surface area contributed by atoms with E-state index in [2.05, 4.69) is 36.2 Å². The summed E-state index contributed by atoms with van der Waals surface area (Å²) in [5.41, 5.74) is 3.11. The second-order valence-corrected chi connectivity index (χ2v) is 5.67. The fourth-order valence-electron chi connectivity index (χ4n) is 2.31. The molecular weight excluding hydrogens is 254 g/mol. The number of fused-ring (bicyclic) bond motifs is 2. The zero-order valence-corrected chi connectivity index (χ0v) is 11.8. The van der Waals surface area contributed by atoms with E-state index in [4.69, 9.17) is 0 Å². The second-order valence-electron chi connectivity index (χ2n) is 4.59. The lowest BCUT2D eigenvalue weighted by Crippen LogP contribution is -2.15. The lowest BCUT2D eigenvalue weighted by molar-refractivity contribution is 0.0988. The molecule has 2 aromatic rings. The molecule has 0 aromatic heterocycles. The summed E-state index contributed by atoms with van der Waals surface area (Å²) in [6, 6.07) is 14.3. The van der Waals surface area contributed by atoms with Crippen molar-refractivity contribution in [2.45, 2.75) is 23.1 Å². The molecule has 0 amide bonds. The fraction of sp³-hybridized carbons (Fsp3) is 0.188. The first-order chi connectivity index (χ1) is 9.20. The summed E-state index contributed by atoms with van der Waals surface area (Å²) in [6.45, 7) is 1.90. The highest BCUT2D eigenvalue weighted by molar-refractivity contribution is 7.99. The Kier molecular flexibility index (Phi) is 3.07. The maximum absolute atomic E-state index is 11.8. The van der Waals surface area contributed by atoms with E-state index in [9.17, 15) is 4.79 Å². The van der Waals surface area contributed by atoms with Gasteiger partial charge >= 0.3 is 0 Å². The van der Waals surface area contributed by atoms with E-state index in [1.807, 2.05) is 25.1 Å². The summed E-state index contributed by atoms with van der Waals surface area (Å²) in [6.07, 6.45) is 0.548. The van der Waals surface area contributed by atoms with E-state index < -0.39 is 0 Å². The molecule has 3 rings (SSSR count). The Hall–Kier alpha value is -1.74.